The smallest absolute Gasteiger partial charge is 0.407 e. The number of rotatable bonds is 6. The number of phenolic OH excluding ortho intramolecular Hbond substituents is 1. The van der Waals surface area contributed by atoms with Crippen LogP contribution in [0.4, 0.5) is 10.5 Å². The van der Waals surface area contributed by atoms with E-state index in [0.29, 0.717) is 18.2 Å². The van der Waals surface area contributed by atoms with E-state index in [0.717, 1.165) is 18.4 Å². The summed E-state index contributed by atoms with van der Waals surface area (Å²) < 4.78 is 5.25. The van der Waals surface area contributed by atoms with E-state index in [9.17, 15) is 9.90 Å². The molecule has 1 atom stereocenters. The van der Waals surface area contributed by atoms with Gasteiger partial charge in [-0.25, -0.2) is 4.79 Å². The van der Waals surface area contributed by atoms with Crippen LogP contribution < -0.4 is 10.6 Å². The summed E-state index contributed by atoms with van der Waals surface area (Å²) in [4.78, 5) is 11.8. The molecule has 0 aromatic heterocycles. The minimum absolute atomic E-state index is 0.0116. The van der Waals surface area contributed by atoms with Gasteiger partial charge in [0.15, 0.2) is 0 Å². The quantitative estimate of drug-likeness (QED) is 0.530. The predicted octanol–water partition coefficient (Wildman–Crippen LogP) is 4.06. The first-order chi connectivity index (χ1) is 12.2. The molecule has 0 heterocycles. The van der Waals surface area contributed by atoms with Crippen LogP contribution >= 0.6 is 0 Å². The first kappa shape index (κ1) is 20.0. The monoisotopic (exact) mass is 358 g/mol. The molecule has 0 aliphatic heterocycles. The van der Waals surface area contributed by atoms with Gasteiger partial charge in [-0.2, -0.15) is 0 Å². The van der Waals surface area contributed by atoms with E-state index in [-0.39, 0.29) is 11.8 Å². The molecule has 26 heavy (non-hydrogen) atoms. The minimum atomic E-state index is -0.499. The number of amides is 1. The molecular formula is C21H30N2O3. The van der Waals surface area contributed by atoms with Gasteiger partial charge in [-0.15, -0.1) is 0 Å². The van der Waals surface area contributed by atoms with Crippen LogP contribution in [0.25, 0.3) is 0 Å². The Bertz CT molecular complexity index is 679. The van der Waals surface area contributed by atoms with Crippen molar-refractivity contribution in [3.63, 3.8) is 0 Å². The lowest BCUT2D eigenvalue weighted by Gasteiger charge is -2.22. The topological polar surface area (TPSA) is 70.6 Å². The van der Waals surface area contributed by atoms with Crippen molar-refractivity contribution >= 4 is 11.8 Å². The van der Waals surface area contributed by atoms with Gasteiger partial charge in [0, 0.05) is 12.0 Å². The molecule has 3 N–H and O–H groups in total. The number of alkyl carbamates (subject to hydrolysis) is 1. The average molecular weight is 358 g/mol. The average Bonchev–Trinajstić information content (AvgIpc) is 3.33. The largest absolute Gasteiger partial charge is 0.506 e. The summed E-state index contributed by atoms with van der Waals surface area (Å²) in [7, 11) is 0. The lowest BCUT2D eigenvalue weighted by Crippen LogP contribution is -2.37. The Hall–Kier alpha value is -2.35. The molecule has 0 bridgehead atoms. The molecule has 0 saturated heterocycles. The maximum Gasteiger partial charge on any atom is 0.407 e. The van der Waals surface area contributed by atoms with Gasteiger partial charge in [0.1, 0.15) is 11.4 Å². The molecule has 142 valence electrons. The fourth-order valence-electron chi connectivity index (χ4n) is 2.41. The standard InChI is InChI=1S/C21H30N2O3/c1-15(23-20(25)26-21(2,3)4)7-8-17-11-12-18(19(24)14-17)22-13-5-6-16-9-10-16/h11-12,14-16,22,24H,7-10,13H2,1-4H3,(H,23,25). The highest BCUT2D eigenvalue weighted by molar-refractivity contribution is 5.68. The van der Waals surface area contributed by atoms with Gasteiger partial charge >= 0.3 is 6.09 Å². The highest BCUT2D eigenvalue weighted by Gasteiger charge is 2.18. The molecule has 1 saturated carbocycles. The molecule has 2 rings (SSSR count). The number of aryl methyl sites for hydroxylation is 1. The highest BCUT2D eigenvalue weighted by atomic mass is 16.6. The van der Waals surface area contributed by atoms with Crippen molar-refractivity contribution in [2.24, 2.45) is 5.92 Å². The summed E-state index contributed by atoms with van der Waals surface area (Å²) >= 11 is 0. The zero-order chi connectivity index (χ0) is 19.2. The van der Waals surface area contributed by atoms with Crippen LogP contribution in [0.3, 0.4) is 0 Å². The molecule has 1 fully saturated rings. The summed E-state index contributed by atoms with van der Waals surface area (Å²) in [6.45, 7) is 8.01. The van der Waals surface area contributed by atoms with Gasteiger partial charge in [0.2, 0.25) is 0 Å². The van der Waals surface area contributed by atoms with Gasteiger partial charge < -0.3 is 20.5 Å². The molecule has 1 aliphatic rings. The van der Waals surface area contributed by atoms with Crippen LogP contribution in [-0.4, -0.2) is 29.4 Å². The fraction of sp³-hybridized carbons (Fsp3) is 0.571. The number of aromatic hydroxyl groups is 1. The van der Waals surface area contributed by atoms with Gasteiger partial charge in [0.05, 0.1) is 12.2 Å². The number of nitrogens with one attached hydrogen (secondary N) is 2. The Morgan fingerprint density at radius 3 is 2.73 bits per heavy atom. The maximum absolute atomic E-state index is 11.8. The zero-order valence-electron chi connectivity index (χ0n) is 16.2. The first-order valence-corrected chi connectivity index (χ1v) is 9.26. The summed E-state index contributed by atoms with van der Waals surface area (Å²) in [6, 6.07) is 5.60. The molecule has 5 nitrogen and oxygen atoms in total. The van der Waals surface area contributed by atoms with Crippen LogP contribution in [0.2, 0.25) is 0 Å². The second-order valence-electron chi connectivity index (χ2n) is 7.89. The van der Waals surface area contributed by atoms with E-state index < -0.39 is 11.7 Å². The molecular weight excluding hydrogens is 328 g/mol. The maximum atomic E-state index is 11.8. The van der Waals surface area contributed by atoms with Gasteiger partial charge in [-0.1, -0.05) is 17.9 Å². The van der Waals surface area contributed by atoms with E-state index in [4.69, 9.17) is 4.74 Å². The molecule has 0 spiro atoms. The Balaban J connectivity index is 1.76. The van der Waals surface area contributed by atoms with Crippen LogP contribution in [0.1, 0.15) is 52.5 Å². The fourth-order valence-corrected chi connectivity index (χ4v) is 2.41. The molecule has 1 amide bonds. The van der Waals surface area contributed by atoms with E-state index in [1.807, 2.05) is 39.8 Å². The van der Waals surface area contributed by atoms with Crippen molar-refractivity contribution in [2.45, 2.75) is 65.0 Å². The minimum Gasteiger partial charge on any atom is -0.506 e. The predicted molar refractivity (Wildman–Crippen MR) is 104 cm³/mol. The zero-order valence-corrected chi connectivity index (χ0v) is 16.2. The highest BCUT2D eigenvalue weighted by Crippen LogP contribution is 2.27. The number of phenols is 1. The second-order valence-corrected chi connectivity index (χ2v) is 7.89. The Morgan fingerprint density at radius 1 is 1.38 bits per heavy atom. The van der Waals surface area contributed by atoms with E-state index in [1.165, 1.54) is 12.8 Å². The third-order valence-corrected chi connectivity index (χ3v) is 3.94. The second kappa shape index (κ2) is 8.84. The number of anilines is 1. The van der Waals surface area contributed by atoms with Crippen LogP contribution in [-0.2, 0) is 11.2 Å². The molecule has 5 heteroatoms. The van der Waals surface area contributed by atoms with Crippen molar-refractivity contribution in [1.82, 2.24) is 5.32 Å². The number of carbonyl (C=O) groups excluding carboxylic acids is 1. The number of ether oxygens (including phenoxy) is 1. The van der Waals surface area contributed by atoms with E-state index in [2.05, 4.69) is 22.5 Å². The summed E-state index contributed by atoms with van der Waals surface area (Å²) in [5.74, 6) is 7.08. The number of carbonyl (C=O) groups is 1. The number of hydrogen-bond donors (Lipinski definition) is 3. The van der Waals surface area contributed by atoms with Crippen molar-refractivity contribution in [3.05, 3.63) is 23.8 Å². The van der Waals surface area contributed by atoms with E-state index in [1.54, 1.807) is 6.07 Å². The Morgan fingerprint density at radius 2 is 2.12 bits per heavy atom. The van der Waals surface area contributed by atoms with Gasteiger partial charge in [-0.05, 0) is 71.1 Å². The normalized spacial score (nSPS) is 14.8. The number of benzene rings is 1. The van der Waals surface area contributed by atoms with E-state index >= 15 is 0 Å². The Kier molecular flexibility index (Phi) is 6.79. The Labute approximate surface area is 156 Å². The molecule has 1 aromatic carbocycles. The van der Waals surface area contributed by atoms with Crippen molar-refractivity contribution in [1.29, 1.82) is 0 Å². The summed E-state index contributed by atoms with van der Waals surface area (Å²) in [6.07, 6.45) is 3.55. The molecule has 1 aromatic rings. The van der Waals surface area contributed by atoms with Crippen LogP contribution in [0, 0.1) is 17.8 Å². The summed E-state index contributed by atoms with van der Waals surface area (Å²) in [5.41, 5.74) is 1.22. The van der Waals surface area contributed by atoms with Crippen LogP contribution in [0.5, 0.6) is 5.75 Å². The molecule has 1 aliphatic carbocycles. The third kappa shape index (κ3) is 7.69. The van der Waals surface area contributed by atoms with Crippen molar-refractivity contribution < 1.29 is 14.6 Å². The summed E-state index contributed by atoms with van der Waals surface area (Å²) in [5, 5.41) is 16.1. The van der Waals surface area contributed by atoms with Gasteiger partial charge in [-0.3, -0.25) is 0 Å². The number of hydrogen-bond acceptors (Lipinski definition) is 4. The molecule has 0 radical (unpaired) electrons. The van der Waals surface area contributed by atoms with Gasteiger partial charge in [0.25, 0.3) is 0 Å². The van der Waals surface area contributed by atoms with Crippen molar-refractivity contribution in [2.75, 3.05) is 11.9 Å². The van der Waals surface area contributed by atoms with Crippen molar-refractivity contribution in [3.8, 4) is 17.6 Å². The third-order valence-electron chi connectivity index (χ3n) is 3.94. The molecule has 1 unspecified atom stereocenters. The lowest BCUT2D eigenvalue weighted by atomic mass is 10.1. The SMILES string of the molecule is CC(CCc1ccc(NCC#CC2CC2)c(O)c1)NC(=O)OC(C)(C)C. The first-order valence-electron chi connectivity index (χ1n) is 9.26. The van der Waals surface area contributed by atoms with Crippen LogP contribution in [0.15, 0.2) is 18.2 Å². The lowest BCUT2D eigenvalue weighted by molar-refractivity contribution is 0.0506.